The Hall–Kier alpha value is -1.93. The number of thiophene rings is 1. The highest BCUT2D eigenvalue weighted by Gasteiger charge is 2.51. The predicted octanol–water partition coefficient (Wildman–Crippen LogP) is 1.72. The summed E-state index contributed by atoms with van der Waals surface area (Å²) >= 11 is 1.64. The lowest BCUT2D eigenvalue weighted by atomic mass is 9.82. The van der Waals surface area contributed by atoms with Gasteiger partial charge in [0, 0.05) is 11.4 Å². The molecular formula is C18H26N4O3S. The van der Waals surface area contributed by atoms with E-state index in [4.69, 9.17) is 0 Å². The van der Waals surface area contributed by atoms with Crippen LogP contribution >= 0.6 is 11.3 Å². The fourth-order valence-electron chi connectivity index (χ4n) is 3.74. The second-order valence-corrected chi connectivity index (χ2v) is 8.24. The highest BCUT2D eigenvalue weighted by Crippen LogP contribution is 2.33. The molecule has 1 unspecified atom stereocenters. The maximum Gasteiger partial charge on any atom is 0.325 e. The van der Waals surface area contributed by atoms with Gasteiger partial charge in [-0.25, -0.2) is 4.79 Å². The molecule has 0 radical (unpaired) electrons. The van der Waals surface area contributed by atoms with Crippen molar-refractivity contribution in [1.82, 2.24) is 20.4 Å². The third kappa shape index (κ3) is 3.76. The molecule has 1 aromatic rings. The zero-order valence-electron chi connectivity index (χ0n) is 15.3. The van der Waals surface area contributed by atoms with Crippen LogP contribution in [-0.4, -0.2) is 60.4 Å². The van der Waals surface area contributed by atoms with E-state index >= 15 is 0 Å². The van der Waals surface area contributed by atoms with Crippen LogP contribution in [0.25, 0.3) is 0 Å². The molecule has 1 aliphatic heterocycles. The number of urea groups is 1. The summed E-state index contributed by atoms with van der Waals surface area (Å²) in [5.41, 5.74) is -0.779. The first-order valence-corrected chi connectivity index (χ1v) is 9.91. The van der Waals surface area contributed by atoms with Crippen LogP contribution in [0.15, 0.2) is 17.5 Å². The summed E-state index contributed by atoms with van der Waals surface area (Å²) < 4.78 is 0. The van der Waals surface area contributed by atoms with Crippen molar-refractivity contribution in [3.8, 4) is 0 Å². The number of nitrogens with one attached hydrogen (secondary N) is 2. The summed E-state index contributed by atoms with van der Waals surface area (Å²) in [7, 11) is 3.92. The van der Waals surface area contributed by atoms with Crippen LogP contribution in [0.4, 0.5) is 4.79 Å². The molecule has 2 N–H and O–H groups in total. The van der Waals surface area contributed by atoms with E-state index in [1.807, 2.05) is 36.5 Å². The van der Waals surface area contributed by atoms with Gasteiger partial charge in [-0.15, -0.1) is 11.3 Å². The Morgan fingerprint density at radius 2 is 2.08 bits per heavy atom. The third-order valence-corrected chi connectivity index (χ3v) is 6.22. The molecule has 1 aromatic heterocycles. The maximum absolute atomic E-state index is 12.7. The van der Waals surface area contributed by atoms with E-state index in [1.54, 1.807) is 11.3 Å². The monoisotopic (exact) mass is 378 g/mol. The predicted molar refractivity (Wildman–Crippen MR) is 99.8 cm³/mol. The van der Waals surface area contributed by atoms with Gasteiger partial charge in [0.05, 0.1) is 6.04 Å². The van der Waals surface area contributed by atoms with Crippen molar-refractivity contribution in [2.24, 2.45) is 0 Å². The van der Waals surface area contributed by atoms with Crippen LogP contribution in [0, 0.1) is 0 Å². The molecular weight excluding hydrogens is 352 g/mol. The van der Waals surface area contributed by atoms with Gasteiger partial charge in [0.1, 0.15) is 12.1 Å². The third-order valence-electron chi connectivity index (χ3n) is 5.24. The molecule has 8 heteroatoms. The highest BCUT2D eigenvalue weighted by molar-refractivity contribution is 7.10. The van der Waals surface area contributed by atoms with Gasteiger partial charge in [0.15, 0.2) is 0 Å². The van der Waals surface area contributed by atoms with Gasteiger partial charge in [-0.2, -0.15) is 0 Å². The van der Waals surface area contributed by atoms with Gasteiger partial charge < -0.3 is 15.5 Å². The molecule has 2 fully saturated rings. The van der Waals surface area contributed by atoms with E-state index in [0.717, 1.165) is 29.0 Å². The molecule has 3 rings (SSSR count). The Bertz CT molecular complexity index is 668. The van der Waals surface area contributed by atoms with Crippen molar-refractivity contribution >= 4 is 29.2 Å². The first-order chi connectivity index (χ1) is 12.4. The smallest absolute Gasteiger partial charge is 0.325 e. The van der Waals surface area contributed by atoms with Crippen molar-refractivity contribution in [1.29, 1.82) is 0 Å². The van der Waals surface area contributed by atoms with Crippen molar-refractivity contribution in [3.05, 3.63) is 22.4 Å². The van der Waals surface area contributed by atoms with Crippen LogP contribution < -0.4 is 10.6 Å². The number of hydrogen-bond acceptors (Lipinski definition) is 5. The summed E-state index contributed by atoms with van der Waals surface area (Å²) in [6.07, 6.45) is 4.27. The summed E-state index contributed by atoms with van der Waals surface area (Å²) in [6.45, 7) is 0.206. The average molecular weight is 378 g/mol. The second-order valence-electron chi connectivity index (χ2n) is 7.26. The first kappa shape index (κ1) is 18.8. The molecule has 2 heterocycles. The summed E-state index contributed by atoms with van der Waals surface area (Å²) in [6, 6.07) is 3.63. The minimum Gasteiger partial charge on any atom is -0.353 e. The van der Waals surface area contributed by atoms with E-state index in [2.05, 4.69) is 10.6 Å². The van der Waals surface area contributed by atoms with Crippen molar-refractivity contribution in [2.45, 2.75) is 43.7 Å². The molecule has 0 aromatic carbocycles. The van der Waals surface area contributed by atoms with Gasteiger partial charge >= 0.3 is 6.03 Å². The molecule has 1 saturated heterocycles. The average Bonchev–Trinajstić information content (AvgIpc) is 3.20. The zero-order valence-corrected chi connectivity index (χ0v) is 16.1. The Balaban J connectivity index is 1.57. The molecule has 1 spiro atoms. The van der Waals surface area contributed by atoms with E-state index in [-0.39, 0.29) is 24.4 Å². The van der Waals surface area contributed by atoms with Crippen LogP contribution in [0.3, 0.4) is 0 Å². The Morgan fingerprint density at radius 3 is 2.69 bits per heavy atom. The minimum atomic E-state index is -0.779. The lowest BCUT2D eigenvalue weighted by Gasteiger charge is -2.30. The molecule has 1 saturated carbocycles. The Morgan fingerprint density at radius 1 is 1.35 bits per heavy atom. The lowest BCUT2D eigenvalue weighted by molar-refractivity contribution is -0.135. The standard InChI is InChI=1S/C18H26N4O3S/c1-21(2)13(14-7-6-10-26-14)11-19-15(23)12-22-16(24)18(20-17(22)25)8-4-3-5-9-18/h6-7,10,13H,3-5,8-9,11-12H2,1-2H3,(H,19,23)(H,20,25). The Labute approximate surface area is 157 Å². The highest BCUT2D eigenvalue weighted by atomic mass is 32.1. The fourth-order valence-corrected chi connectivity index (χ4v) is 4.67. The lowest BCUT2D eigenvalue weighted by Crippen LogP contribution is -2.49. The molecule has 4 amide bonds. The van der Waals surface area contributed by atoms with Crippen LogP contribution in [0.1, 0.15) is 43.0 Å². The summed E-state index contributed by atoms with van der Waals surface area (Å²) in [5, 5.41) is 7.70. The van der Waals surface area contributed by atoms with E-state index in [9.17, 15) is 14.4 Å². The van der Waals surface area contributed by atoms with Crippen LogP contribution in [-0.2, 0) is 9.59 Å². The number of carbonyl (C=O) groups excluding carboxylic acids is 3. The molecule has 1 atom stereocenters. The van der Waals surface area contributed by atoms with Gasteiger partial charge in [-0.3, -0.25) is 14.5 Å². The van der Waals surface area contributed by atoms with Crippen molar-refractivity contribution in [2.75, 3.05) is 27.2 Å². The van der Waals surface area contributed by atoms with Gasteiger partial charge in [-0.1, -0.05) is 25.3 Å². The van der Waals surface area contributed by atoms with E-state index in [0.29, 0.717) is 19.4 Å². The second kappa shape index (κ2) is 7.75. The molecule has 26 heavy (non-hydrogen) atoms. The molecule has 2 aliphatic rings. The number of amides is 4. The zero-order chi connectivity index (χ0) is 18.7. The quantitative estimate of drug-likeness (QED) is 0.739. The van der Waals surface area contributed by atoms with Gasteiger partial charge in [-0.05, 0) is 38.4 Å². The molecule has 142 valence electrons. The number of nitrogens with zero attached hydrogens (tertiary/aromatic N) is 2. The van der Waals surface area contributed by atoms with Crippen molar-refractivity contribution < 1.29 is 14.4 Å². The topological polar surface area (TPSA) is 81.8 Å². The van der Waals surface area contributed by atoms with Gasteiger partial charge in [0.25, 0.3) is 5.91 Å². The number of rotatable bonds is 6. The number of carbonyl (C=O) groups is 3. The van der Waals surface area contributed by atoms with Crippen LogP contribution in [0.5, 0.6) is 0 Å². The summed E-state index contributed by atoms with van der Waals surface area (Å²) in [4.78, 5) is 41.6. The SMILES string of the molecule is CN(C)C(CNC(=O)CN1C(=O)NC2(CCCCC2)C1=O)c1cccs1. The number of hydrogen-bond donors (Lipinski definition) is 2. The first-order valence-electron chi connectivity index (χ1n) is 9.03. The van der Waals surface area contributed by atoms with E-state index in [1.165, 1.54) is 0 Å². The normalized spacial score (nSPS) is 20.5. The van der Waals surface area contributed by atoms with Gasteiger partial charge in [0.2, 0.25) is 5.91 Å². The Kier molecular flexibility index (Phi) is 5.62. The van der Waals surface area contributed by atoms with E-state index < -0.39 is 11.6 Å². The number of imide groups is 1. The minimum absolute atomic E-state index is 0.0618. The fraction of sp³-hybridized carbons (Fsp3) is 0.611. The maximum atomic E-state index is 12.7. The van der Waals surface area contributed by atoms with Crippen LogP contribution in [0.2, 0.25) is 0 Å². The number of likely N-dealkylation sites (N-methyl/N-ethyl adjacent to an activating group) is 1. The molecule has 7 nitrogen and oxygen atoms in total. The summed E-state index contributed by atoms with van der Waals surface area (Å²) in [5.74, 6) is -0.565. The van der Waals surface area contributed by atoms with Crippen molar-refractivity contribution in [3.63, 3.8) is 0 Å². The largest absolute Gasteiger partial charge is 0.353 e. The molecule has 1 aliphatic carbocycles. The molecule has 0 bridgehead atoms.